The van der Waals surface area contributed by atoms with Crippen molar-refractivity contribution in [3.8, 4) is 0 Å². The molecule has 1 aliphatic carbocycles. The van der Waals surface area contributed by atoms with Crippen LogP contribution in [0.3, 0.4) is 0 Å². The number of carbonyl (C=O) groups excluding carboxylic acids is 1. The zero-order valence-corrected chi connectivity index (χ0v) is 10.3. The number of benzene rings is 1. The van der Waals surface area contributed by atoms with Crippen molar-refractivity contribution in [3.05, 3.63) is 71.2 Å². The zero-order chi connectivity index (χ0) is 13.1. The number of hydrogen-bond donors (Lipinski definition) is 2. The zero-order valence-electron chi connectivity index (χ0n) is 10.3. The number of hydrogen-bond acceptors (Lipinski definition) is 3. The lowest BCUT2D eigenvalue weighted by Crippen LogP contribution is -2.37. The van der Waals surface area contributed by atoms with Crippen LogP contribution < -0.4 is 10.8 Å². The van der Waals surface area contributed by atoms with Crippen molar-refractivity contribution >= 4 is 5.91 Å². The van der Waals surface area contributed by atoms with Gasteiger partial charge in [-0.25, -0.2) is 0 Å². The molecule has 1 heterocycles. The van der Waals surface area contributed by atoms with E-state index < -0.39 is 0 Å². The van der Waals surface area contributed by atoms with Crippen LogP contribution in [0.1, 0.15) is 12.0 Å². The van der Waals surface area contributed by atoms with E-state index in [9.17, 15) is 4.79 Å². The molecule has 3 rings (SSSR count). The molecule has 0 spiro atoms. The Morgan fingerprint density at radius 2 is 2.11 bits per heavy atom. The van der Waals surface area contributed by atoms with E-state index in [1.54, 1.807) is 0 Å². The first-order valence-electron chi connectivity index (χ1n) is 6.20. The molecule has 4 heteroatoms. The van der Waals surface area contributed by atoms with Crippen LogP contribution in [0.25, 0.3) is 0 Å². The van der Waals surface area contributed by atoms with E-state index >= 15 is 0 Å². The average Bonchev–Trinajstić information content (AvgIpc) is 2.47. The molecule has 0 aromatic heterocycles. The van der Waals surface area contributed by atoms with Gasteiger partial charge in [0, 0.05) is 12.1 Å². The molecule has 1 amide bonds. The molecule has 0 saturated carbocycles. The molecule has 1 aromatic carbocycles. The second-order valence-corrected chi connectivity index (χ2v) is 4.39. The molecule has 0 unspecified atom stereocenters. The summed E-state index contributed by atoms with van der Waals surface area (Å²) in [5.74, 6) is 0.482. The van der Waals surface area contributed by atoms with Crippen LogP contribution in [-0.4, -0.2) is 5.91 Å². The van der Waals surface area contributed by atoms with Crippen molar-refractivity contribution in [1.82, 2.24) is 10.8 Å². The third-order valence-electron chi connectivity index (χ3n) is 3.10. The van der Waals surface area contributed by atoms with E-state index in [1.165, 1.54) is 0 Å². The summed E-state index contributed by atoms with van der Waals surface area (Å²) in [6.45, 7) is 0.615. The molecule has 1 aromatic rings. The van der Waals surface area contributed by atoms with Crippen LogP contribution in [0.5, 0.6) is 0 Å². The SMILES string of the molecule is O=C1NOC2=CC=CCC2=C1NCc1ccccc1. The normalized spacial score (nSPS) is 17.3. The van der Waals surface area contributed by atoms with E-state index in [0.29, 0.717) is 24.4 Å². The number of amides is 1. The van der Waals surface area contributed by atoms with Crippen LogP contribution in [0.15, 0.2) is 65.6 Å². The van der Waals surface area contributed by atoms with E-state index in [4.69, 9.17) is 4.84 Å². The van der Waals surface area contributed by atoms with Gasteiger partial charge in [0.2, 0.25) is 0 Å². The average molecular weight is 254 g/mol. The molecule has 2 aliphatic rings. The van der Waals surface area contributed by atoms with Gasteiger partial charge in [0.25, 0.3) is 5.91 Å². The standard InChI is InChI=1S/C15H14N2O2/c18-15-14(16-10-11-6-2-1-3-7-11)12-8-4-5-9-13(12)19-17-15/h1-7,9,16H,8,10H2,(H,17,18). The number of allylic oxidation sites excluding steroid dienone is 4. The molecule has 0 saturated heterocycles. The van der Waals surface area contributed by atoms with Gasteiger partial charge in [-0.05, 0) is 18.1 Å². The number of rotatable bonds is 3. The van der Waals surface area contributed by atoms with E-state index in [0.717, 1.165) is 11.1 Å². The fraction of sp³-hybridized carbons (Fsp3) is 0.133. The van der Waals surface area contributed by atoms with Crippen molar-refractivity contribution in [3.63, 3.8) is 0 Å². The van der Waals surface area contributed by atoms with Gasteiger partial charge in [-0.2, -0.15) is 5.48 Å². The monoisotopic (exact) mass is 254 g/mol. The second kappa shape index (κ2) is 5.02. The topological polar surface area (TPSA) is 50.4 Å². The summed E-state index contributed by atoms with van der Waals surface area (Å²) in [5.41, 5.74) is 5.03. The molecule has 0 radical (unpaired) electrons. The Kier molecular flexibility index (Phi) is 3.06. The highest BCUT2D eigenvalue weighted by molar-refractivity contribution is 5.94. The van der Waals surface area contributed by atoms with E-state index in [-0.39, 0.29) is 5.91 Å². The van der Waals surface area contributed by atoms with Gasteiger partial charge in [0.05, 0.1) is 0 Å². The van der Waals surface area contributed by atoms with Crippen molar-refractivity contribution in [2.45, 2.75) is 13.0 Å². The lowest BCUT2D eigenvalue weighted by molar-refractivity contribution is -0.128. The first kappa shape index (κ1) is 11.6. The molecule has 2 N–H and O–H groups in total. The van der Waals surface area contributed by atoms with Crippen molar-refractivity contribution < 1.29 is 9.63 Å². The molecule has 4 nitrogen and oxygen atoms in total. The van der Waals surface area contributed by atoms with Crippen LogP contribution in [0.4, 0.5) is 0 Å². The predicted molar refractivity (Wildman–Crippen MR) is 71.4 cm³/mol. The van der Waals surface area contributed by atoms with E-state index in [1.807, 2.05) is 48.6 Å². The van der Waals surface area contributed by atoms with Gasteiger partial charge >= 0.3 is 0 Å². The predicted octanol–water partition coefficient (Wildman–Crippen LogP) is 1.94. The lowest BCUT2D eigenvalue weighted by Gasteiger charge is -2.24. The third kappa shape index (κ3) is 2.38. The fourth-order valence-electron chi connectivity index (χ4n) is 2.13. The van der Waals surface area contributed by atoms with Gasteiger partial charge in [-0.3, -0.25) is 4.79 Å². The first-order valence-corrected chi connectivity index (χ1v) is 6.20. The summed E-state index contributed by atoms with van der Waals surface area (Å²) in [7, 11) is 0. The lowest BCUT2D eigenvalue weighted by atomic mass is 10.0. The highest BCUT2D eigenvalue weighted by Gasteiger charge is 2.25. The Hall–Kier alpha value is -2.49. The minimum absolute atomic E-state index is 0.224. The Bertz CT molecular complexity index is 585. The third-order valence-corrected chi connectivity index (χ3v) is 3.10. The maximum absolute atomic E-state index is 11.9. The van der Waals surface area contributed by atoms with Crippen LogP contribution in [-0.2, 0) is 16.2 Å². The Labute approximate surface area is 111 Å². The number of hydroxylamine groups is 1. The van der Waals surface area contributed by atoms with Gasteiger partial charge in [-0.1, -0.05) is 42.5 Å². The smallest absolute Gasteiger partial charge is 0.300 e. The maximum atomic E-state index is 11.9. The molecular formula is C15H14N2O2. The fourth-order valence-corrected chi connectivity index (χ4v) is 2.13. The summed E-state index contributed by atoms with van der Waals surface area (Å²) in [5, 5.41) is 3.20. The number of carbonyl (C=O) groups is 1. The molecule has 1 aliphatic heterocycles. The molecule has 96 valence electrons. The number of fused-ring (bicyclic) bond motifs is 1. The highest BCUT2D eigenvalue weighted by atomic mass is 16.7. The van der Waals surface area contributed by atoms with E-state index in [2.05, 4.69) is 10.8 Å². The van der Waals surface area contributed by atoms with Gasteiger partial charge < -0.3 is 10.2 Å². The minimum Gasteiger partial charge on any atom is -0.379 e. The van der Waals surface area contributed by atoms with Crippen LogP contribution >= 0.6 is 0 Å². The molecule has 19 heavy (non-hydrogen) atoms. The first-order chi connectivity index (χ1) is 9.34. The summed E-state index contributed by atoms with van der Waals surface area (Å²) in [4.78, 5) is 17.1. The highest BCUT2D eigenvalue weighted by Crippen LogP contribution is 2.25. The summed E-state index contributed by atoms with van der Waals surface area (Å²) >= 11 is 0. The van der Waals surface area contributed by atoms with Crippen LogP contribution in [0.2, 0.25) is 0 Å². The molecular weight excluding hydrogens is 240 g/mol. The second-order valence-electron chi connectivity index (χ2n) is 4.39. The largest absolute Gasteiger partial charge is 0.379 e. The van der Waals surface area contributed by atoms with Crippen molar-refractivity contribution in [1.29, 1.82) is 0 Å². The Morgan fingerprint density at radius 3 is 2.95 bits per heavy atom. The molecule has 0 fully saturated rings. The van der Waals surface area contributed by atoms with Crippen LogP contribution in [0, 0.1) is 0 Å². The molecule has 0 atom stereocenters. The summed E-state index contributed by atoms with van der Waals surface area (Å²) in [6.07, 6.45) is 6.48. The minimum atomic E-state index is -0.224. The number of nitrogens with one attached hydrogen (secondary N) is 2. The Morgan fingerprint density at radius 1 is 1.26 bits per heavy atom. The van der Waals surface area contributed by atoms with Crippen molar-refractivity contribution in [2.24, 2.45) is 0 Å². The van der Waals surface area contributed by atoms with Gasteiger partial charge in [0.15, 0.2) is 5.76 Å². The van der Waals surface area contributed by atoms with Crippen molar-refractivity contribution in [2.75, 3.05) is 0 Å². The molecule has 0 bridgehead atoms. The maximum Gasteiger partial charge on any atom is 0.300 e. The quantitative estimate of drug-likeness (QED) is 0.866. The summed E-state index contributed by atoms with van der Waals surface area (Å²) in [6, 6.07) is 9.97. The Balaban J connectivity index is 1.82. The van der Waals surface area contributed by atoms with Gasteiger partial charge in [-0.15, -0.1) is 0 Å². The van der Waals surface area contributed by atoms with Gasteiger partial charge in [0.1, 0.15) is 5.70 Å². The summed E-state index contributed by atoms with van der Waals surface area (Å²) < 4.78 is 0.